The van der Waals surface area contributed by atoms with Crippen molar-refractivity contribution in [1.29, 1.82) is 0 Å². The van der Waals surface area contributed by atoms with E-state index in [4.69, 9.17) is 21.7 Å². The number of hydrogen-bond acceptors (Lipinski definition) is 5. The first-order chi connectivity index (χ1) is 12.4. The van der Waals surface area contributed by atoms with Crippen molar-refractivity contribution >= 4 is 44.3 Å². The van der Waals surface area contributed by atoms with Gasteiger partial charge in [0.2, 0.25) is 0 Å². The summed E-state index contributed by atoms with van der Waals surface area (Å²) >= 11 is 7.94. The van der Waals surface area contributed by atoms with Gasteiger partial charge in [-0.05, 0) is 38.5 Å². The van der Waals surface area contributed by atoms with Crippen LogP contribution in [0.4, 0.5) is 5.13 Å². The lowest BCUT2D eigenvalue weighted by atomic mass is 10.2. The summed E-state index contributed by atoms with van der Waals surface area (Å²) in [6, 6.07) is 5.38. The summed E-state index contributed by atoms with van der Waals surface area (Å²) in [5, 5.41) is 14.9. The molecular formula is C18H21ClN4O2S. The van der Waals surface area contributed by atoms with Gasteiger partial charge in [0, 0.05) is 29.4 Å². The summed E-state index contributed by atoms with van der Waals surface area (Å²) in [5.74, 6) is -1.03. The number of anilines is 1. The maximum Gasteiger partial charge on any atom is 0.356 e. The van der Waals surface area contributed by atoms with Crippen LogP contribution in [0, 0.1) is 6.92 Å². The Balaban J connectivity index is 2.02. The highest BCUT2D eigenvalue weighted by Crippen LogP contribution is 2.33. The lowest BCUT2D eigenvalue weighted by molar-refractivity contribution is 0.0689. The first-order valence-corrected chi connectivity index (χ1v) is 9.74. The minimum Gasteiger partial charge on any atom is -0.476 e. The smallest absolute Gasteiger partial charge is 0.356 e. The fraction of sp³-hybridized carbons (Fsp3) is 0.389. The molecular weight excluding hydrogens is 372 g/mol. The van der Waals surface area contributed by atoms with Crippen LogP contribution in [0.3, 0.4) is 0 Å². The molecule has 0 amide bonds. The van der Waals surface area contributed by atoms with Crippen LogP contribution in [0.15, 0.2) is 18.2 Å². The van der Waals surface area contributed by atoms with E-state index >= 15 is 0 Å². The van der Waals surface area contributed by atoms with Crippen LogP contribution in [-0.2, 0) is 6.54 Å². The third-order valence-electron chi connectivity index (χ3n) is 4.19. The summed E-state index contributed by atoms with van der Waals surface area (Å²) in [7, 11) is 0. The number of thiazole rings is 1. The zero-order valence-electron chi connectivity index (χ0n) is 15.0. The van der Waals surface area contributed by atoms with Crippen molar-refractivity contribution in [1.82, 2.24) is 14.8 Å². The van der Waals surface area contributed by atoms with E-state index in [1.54, 1.807) is 22.1 Å². The summed E-state index contributed by atoms with van der Waals surface area (Å²) in [4.78, 5) is 18.2. The summed E-state index contributed by atoms with van der Waals surface area (Å²) in [6.45, 7) is 8.40. The van der Waals surface area contributed by atoms with Crippen LogP contribution in [0.2, 0.25) is 5.02 Å². The normalized spacial score (nSPS) is 11.2. The minimum absolute atomic E-state index is 0.0415. The molecule has 1 aromatic carbocycles. The van der Waals surface area contributed by atoms with Gasteiger partial charge < -0.3 is 10.0 Å². The van der Waals surface area contributed by atoms with Gasteiger partial charge in [-0.15, -0.1) is 0 Å². The van der Waals surface area contributed by atoms with E-state index in [9.17, 15) is 4.79 Å². The topological polar surface area (TPSA) is 71.2 Å². The third-order valence-corrected chi connectivity index (χ3v) is 5.47. The highest BCUT2D eigenvalue weighted by molar-refractivity contribution is 7.22. The van der Waals surface area contributed by atoms with Crippen LogP contribution in [0.25, 0.3) is 10.2 Å². The zero-order valence-corrected chi connectivity index (χ0v) is 16.6. The average Bonchev–Trinajstić information content (AvgIpc) is 3.16. The van der Waals surface area contributed by atoms with E-state index in [0.717, 1.165) is 46.1 Å². The Morgan fingerprint density at radius 3 is 2.73 bits per heavy atom. The monoisotopic (exact) mass is 392 g/mol. The van der Waals surface area contributed by atoms with Crippen molar-refractivity contribution < 1.29 is 9.90 Å². The summed E-state index contributed by atoms with van der Waals surface area (Å²) < 4.78 is 2.71. The molecule has 1 N–H and O–H groups in total. The van der Waals surface area contributed by atoms with Crippen LogP contribution >= 0.6 is 22.9 Å². The largest absolute Gasteiger partial charge is 0.476 e. The maximum absolute atomic E-state index is 11.1. The molecule has 0 aliphatic heterocycles. The molecule has 0 saturated heterocycles. The molecule has 0 atom stereocenters. The molecule has 138 valence electrons. The molecule has 0 fully saturated rings. The molecule has 0 aliphatic carbocycles. The Labute approximate surface area is 161 Å². The molecule has 2 heterocycles. The number of halogens is 1. The number of aromatic nitrogens is 3. The predicted octanol–water partition coefficient (Wildman–Crippen LogP) is 4.44. The Hall–Kier alpha value is -2.12. The molecule has 0 bridgehead atoms. The highest BCUT2D eigenvalue weighted by atomic mass is 35.5. The molecule has 3 rings (SSSR count). The van der Waals surface area contributed by atoms with Gasteiger partial charge >= 0.3 is 5.97 Å². The minimum atomic E-state index is -1.03. The highest BCUT2D eigenvalue weighted by Gasteiger charge is 2.16. The number of benzene rings is 1. The second-order valence-corrected chi connectivity index (χ2v) is 7.57. The first-order valence-electron chi connectivity index (χ1n) is 8.54. The molecule has 2 aromatic heterocycles. The fourth-order valence-electron chi connectivity index (χ4n) is 2.90. The Morgan fingerprint density at radius 1 is 1.35 bits per heavy atom. The number of nitrogens with zero attached hydrogens (tertiary/aromatic N) is 4. The Morgan fingerprint density at radius 2 is 2.12 bits per heavy atom. The molecule has 0 aliphatic rings. The SMILES string of the molecule is CCCN(CC)c1nc2c(Cn3nc(C(=O)O)cc3C)cc(Cl)cc2s1. The molecule has 26 heavy (non-hydrogen) atoms. The summed E-state index contributed by atoms with van der Waals surface area (Å²) in [5.41, 5.74) is 2.66. The number of carboxylic acids is 1. The predicted molar refractivity (Wildman–Crippen MR) is 106 cm³/mol. The fourth-order valence-corrected chi connectivity index (χ4v) is 4.35. The second-order valence-electron chi connectivity index (χ2n) is 6.12. The molecule has 0 radical (unpaired) electrons. The van der Waals surface area contributed by atoms with Gasteiger partial charge in [-0.3, -0.25) is 4.68 Å². The van der Waals surface area contributed by atoms with Crippen molar-refractivity contribution in [3.8, 4) is 0 Å². The van der Waals surface area contributed by atoms with Gasteiger partial charge in [0.1, 0.15) is 0 Å². The van der Waals surface area contributed by atoms with Crippen molar-refractivity contribution in [2.24, 2.45) is 0 Å². The van der Waals surface area contributed by atoms with Crippen molar-refractivity contribution in [2.75, 3.05) is 18.0 Å². The quantitative estimate of drug-likeness (QED) is 0.643. The van der Waals surface area contributed by atoms with Gasteiger partial charge in [0.15, 0.2) is 10.8 Å². The first kappa shape index (κ1) is 18.7. The molecule has 6 nitrogen and oxygen atoms in total. The number of aryl methyl sites for hydroxylation is 1. The van der Waals surface area contributed by atoms with E-state index in [1.807, 2.05) is 19.1 Å². The van der Waals surface area contributed by atoms with Gasteiger partial charge in [0.05, 0.1) is 16.8 Å². The van der Waals surface area contributed by atoms with Gasteiger partial charge in [-0.25, -0.2) is 9.78 Å². The van der Waals surface area contributed by atoms with E-state index in [-0.39, 0.29) is 5.69 Å². The number of carboxylic acid groups (broad SMARTS) is 1. The molecule has 8 heteroatoms. The second kappa shape index (κ2) is 7.63. The van der Waals surface area contributed by atoms with Gasteiger partial charge in [-0.2, -0.15) is 5.10 Å². The number of rotatable bonds is 7. The number of aromatic carboxylic acids is 1. The van der Waals surface area contributed by atoms with E-state index < -0.39 is 5.97 Å². The van der Waals surface area contributed by atoms with E-state index in [2.05, 4.69) is 23.8 Å². The summed E-state index contributed by atoms with van der Waals surface area (Å²) in [6.07, 6.45) is 1.06. The van der Waals surface area contributed by atoms with E-state index in [1.165, 1.54) is 0 Å². The van der Waals surface area contributed by atoms with Crippen molar-refractivity contribution in [3.05, 3.63) is 40.2 Å². The average molecular weight is 393 g/mol. The standard InChI is InChI=1S/C18H21ClN4O2S/c1-4-6-22(5-2)18-20-16-12(8-13(19)9-15(16)26-18)10-23-11(3)7-14(21-23)17(24)25/h7-9H,4-6,10H2,1-3H3,(H,24,25). The van der Waals surface area contributed by atoms with Crippen LogP contribution in [-0.4, -0.2) is 38.9 Å². The Bertz CT molecular complexity index is 950. The number of fused-ring (bicyclic) bond motifs is 1. The van der Waals surface area contributed by atoms with Crippen LogP contribution in [0.5, 0.6) is 0 Å². The zero-order chi connectivity index (χ0) is 18.8. The van der Waals surface area contributed by atoms with Crippen molar-refractivity contribution in [2.45, 2.75) is 33.7 Å². The lowest BCUT2D eigenvalue weighted by Gasteiger charge is -2.18. The number of carbonyl (C=O) groups is 1. The maximum atomic E-state index is 11.1. The van der Waals surface area contributed by atoms with Crippen LogP contribution < -0.4 is 4.90 Å². The Kier molecular flexibility index (Phi) is 5.48. The van der Waals surface area contributed by atoms with Gasteiger partial charge in [0.25, 0.3) is 0 Å². The number of hydrogen-bond donors (Lipinski definition) is 1. The molecule has 3 aromatic rings. The van der Waals surface area contributed by atoms with Crippen molar-refractivity contribution in [3.63, 3.8) is 0 Å². The molecule has 0 saturated carbocycles. The molecule has 0 spiro atoms. The third kappa shape index (κ3) is 3.68. The molecule has 0 unspecified atom stereocenters. The van der Waals surface area contributed by atoms with Gasteiger partial charge in [-0.1, -0.05) is 29.9 Å². The van der Waals surface area contributed by atoms with E-state index in [0.29, 0.717) is 11.6 Å². The van der Waals surface area contributed by atoms with Crippen LogP contribution in [0.1, 0.15) is 42.0 Å². The lowest BCUT2D eigenvalue weighted by Crippen LogP contribution is -2.23.